The van der Waals surface area contributed by atoms with Gasteiger partial charge in [0.1, 0.15) is 0 Å². The van der Waals surface area contributed by atoms with Gasteiger partial charge in [0.15, 0.2) is 0 Å². The minimum Gasteiger partial charge on any atom is -0.395 e. The molecule has 0 rings (SSSR count). The molecule has 5 heteroatoms. The number of aliphatic hydroxyl groups excluding tert-OH is 2. The summed E-state index contributed by atoms with van der Waals surface area (Å²) in [6.45, 7) is 2.57. The predicted molar refractivity (Wildman–Crippen MR) is 111 cm³/mol. The fraction of sp³-hybridized carbons (Fsp3) is 0.955. The molecule has 0 aromatic carbocycles. The number of carbonyl (C=O) groups excluding carboxylic acids is 1. The highest BCUT2D eigenvalue weighted by Gasteiger charge is 2.10. The first-order valence-electron chi connectivity index (χ1n) is 11.4. The van der Waals surface area contributed by atoms with Crippen LogP contribution in [0.3, 0.4) is 0 Å². The van der Waals surface area contributed by atoms with Gasteiger partial charge in [-0.15, -0.1) is 5.06 Å². The van der Waals surface area contributed by atoms with Gasteiger partial charge in [0.2, 0.25) is 0 Å². The molecule has 0 saturated carbocycles. The number of rotatable bonds is 21. The minimum atomic E-state index is -0.272. The van der Waals surface area contributed by atoms with Crippen molar-refractivity contribution in [2.75, 3.05) is 26.3 Å². The lowest BCUT2D eigenvalue weighted by molar-refractivity contribution is -0.194. The van der Waals surface area contributed by atoms with Crippen LogP contribution in [-0.4, -0.2) is 47.5 Å². The maximum atomic E-state index is 11.7. The molecule has 0 atom stereocenters. The molecule has 0 unspecified atom stereocenters. The molecule has 0 fully saturated rings. The van der Waals surface area contributed by atoms with E-state index in [-0.39, 0.29) is 32.3 Å². The first-order chi connectivity index (χ1) is 13.2. The summed E-state index contributed by atoms with van der Waals surface area (Å²) >= 11 is 0. The highest BCUT2D eigenvalue weighted by molar-refractivity contribution is 5.68. The Labute approximate surface area is 167 Å². The van der Waals surface area contributed by atoms with Crippen LogP contribution in [0.25, 0.3) is 0 Å². The van der Waals surface area contributed by atoms with Gasteiger partial charge in [0.25, 0.3) is 0 Å². The van der Waals surface area contributed by atoms with Crippen molar-refractivity contribution in [3.63, 3.8) is 0 Å². The summed E-state index contributed by atoms with van der Waals surface area (Å²) in [6, 6.07) is 0. The predicted octanol–water partition coefficient (Wildman–Crippen LogP) is 4.99. The first-order valence-corrected chi connectivity index (χ1v) is 11.4. The molecule has 0 aromatic rings. The summed E-state index contributed by atoms with van der Waals surface area (Å²) in [6.07, 6.45) is 20.0. The molecule has 0 amide bonds. The van der Waals surface area contributed by atoms with Gasteiger partial charge in [0, 0.05) is 6.42 Å². The second kappa shape index (κ2) is 21.6. The summed E-state index contributed by atoms with van der Waals surface area (Å²) in [5.74, 6) is -0.272. The molecule has 162 valence electrons. The molecule has 0 radical (unpaired) electrons. The molecule has 0 aromatic heterocycles. The number of aliphatic hydroxyl groups is 2. The topological polar surface area (TPSA) is 70.0 Å². The van der Waals surface area contributed by atoms with Gasteiger partial charge < -0.3 is 15.1 Å². The molecule has 0 heterocycles. The van der Waals surface area contributed by atoms with E-state index in [4.69, 9.17) is 15.1 Å². The first kappa shape index (κ1) is 26.4. The summed E-state index contributed by atoms with van der Waals surface area (Å²) in [4.78, 5) is 16.8. The third-order valence-electron chi connectivity index (χ3n) is 4.91. The zero-order chi connectivity index (χ0) is 20.0. The highest BCUT2D eigenvalue weighted by atomic mass is 16.7. The smallest absolute Gasteiger partial charge is 0.325 e. The molecular weight excluding hydrogens is 342 g/mol. The van der Waals surface area contributed by atoms with Crippen LogP contribution in [0.15, 0.2) is 0 Å². The Morgan fingerprint density at radius 3 is 1.41 bits per heavy atom. The van der Waals surface area contributed by atoms with Crippen molar-refractivity contribution in [1.82, 2.24) is 5.06 Å². The van der Waals surface area contributed by atoms with Crippen LogP contribution in [0.1, 0.15) is 110 Å². The van der Waals surface area contributed by atoms with Crippen LogP contribution in [0.4, 0.5) is 0 Å². The van der Waals surface area contributed by atoms with Crippen molar-refractivity contribution < 1.29 is 19.8 Å². The van der Waals surface area contributed by atoms with E-state index >= 15 is 0 Å². The normalized spacial score (nSPS) is 11.3. The maximum Gasteiger partial charge on any atom is 0.325 e. The Hall–Kier alpha value is -0.650. The van der Waals surface area contributed by atoms with Crippen molar-refractivity contribution in [2.45, 2.75) is 110 Å². The SMILES string of the molecule is CCCCCCCCCCCCCCCCCC(=O)ON(CCO)CCO. The average molecular weight is 388 g/mol. The number of unbranched alkanes of at least 4 members (excludes halogenated alkanes) is 14. The molecular formula is C22H45NO4. The summed E-state index contributed by atoms with van der Waals surface area (Å²) in [7, 11) is 0. The standard InChI is InChI=1S/C22H45NO4/c1-2-3-4-5-6-7-8-9-10-11-12-13-14-15-16-17-22(26)27-23(18-20-24)19-21-25/h24-25H,2-21H2,1H3. The number of nitrogens with zero attached hydrogens (tertiary/aromatic N) is 1. The van der Waals surface area contributed by atoms with E-state index in [1.165, 1.54) is 88.5 Å². The largest absolute Gasteiger partial charge is 0.395 e. The molecule has 5 nitrogen and oxygen atoms in total. The van der Waals surface area contributed by atoms with Crippen molar-refractivity contribution in [3.05, 3.63) is 0 Å². The Kier molecular flexibility index (Phi) is 21.1. The molecule has 2 N–H and O–H groups in total. The monoisotopic (exact) mass is 387 g/mol. The van der Waals surface area contributed by atoms with Crippen LogP contribution >= 0.6 is 0 Å². The van der Waals surface area contributed by atoms with Gasteiger partial charge in [-0.3, -0.25) is 4.79 Å². The van der Waals surface area contributed by atoms with E-state index in [2.05, 4.69) is 6.92 Å². The molecule has 0 saturated heterocycles. The van der Waals surface area contributed by atoms with Crippen LogP contribution < -0.4 is 0 Å². The molecule has 27 heavy (non-hydrogen) atoms. The number of hydrogen-bond donors (Lipinski definition) is 2. The van der Waals surface area contributed by atoms with Crippen LogP contribution in [0.2, 0.25) is 0 Å². The summed E-state index contributed by atoms with van der Waals surface area (Å²) in [5, 5.41) is 19.1. The lowest BCUT2D eigenvalue weighted by atomic mass is 10.0. The lowest BCUT2D eigenvalue weighted by Gasteiger charge is -2.18. The quantitative estimate of drug-likeness (QED) is 0.214. The van der Waals surface area contributed by atoms with Crippen molar-refractivity contribution in [3.8, 4) is 0 Å². The van der Waals surface area contributed by atoms with E-state index in [0.717, 1.165) is 12.8 Å². The second-order valence-electron chi connectivity index (χ2n) is 7.54. The molecule has 0 spiro atoms. The lowest BCUT2D eigenvalue weighted by Crippen LogP contribution is -2.32. The van der Waals surface area contributed by atoms with Gasteiger partial charge in [-0.2, -0.15) is 0 Å². The van der Waals surface area contributed by atoms with Crippen molar-refractivity contribution in [2.24, 2.45) is 0 Å². The van der Waals surface area contributed by atoms with E-state index < -0.39 is 0 Å². The van der Waals surface area contributed by atoms with Crippen LogP contribution in [0, 0.1) is 0 Å². The zero-order valence-electron chi connectivity index (χ0n) is 17.8. The summed E-state index contributed by atoms with van der Waals surface area (Å²) in [5.41, 5.74) is 0. The molecule has 0 bridgehead atoms. The third kappa shape index (κ3) is 19.9. The fourth-order valence-corrected chi connectivity index (χ4v) is 3.26. The summed E-state index contributed by atoms with van der Waals surface area (Å²) < 4.78 is 0. The molecule has 0 aliphatic carbocycles. The number of carbonyl (C=O) groups is 1. The van der Waals surface area contributed by atoms with Gasteiger partial charge in [-0.25, -0.2) is 0 Å². The fourth-order valence-electron chi connectivity index (χ4n) is 3.26. The maximum absolute atomic E-state index is 11.7. The van der Waals surface area contributed by atoms with E-state index in [1.54, 1.807) is 0 Å². The van der Waals surface area contributed by atoms with E-state index in [9.17, 15) is 4.79 Å². The van der Waals surface area contributed by atoms with Crippen molar-refractivity contribution >= 4 is 5.97 Å². The average Bonchev–Trinajstić information content (AvgIpc) is 2.65. The van der Waals surface area contributed by atoms with Gasteiger partial charge >= 0.3 is 5.97 Å². The molecule has 0 aliphatic rings. The highest BCUT2D eigenvalue weighted by Crippen LogP contribution is 2.13. The number of hydroxylamine groups is 2. The third-order valence-corrected chi connectivity index (χ3v) is 4.91. The van der Waals surface area contributed by atoms with E-state index in [1.807, 2.05) is 0 Å². The minimum absolute atomic E-state index is 0.0910. The second-order valence-corrected chi connectivity index (χ2v) is 7.54. The van der Waals surface area contributed by atoms with Gasteiger partial charge in [-0.05, 0) is 6.42 Å². The van der Waals surface area contributed by atoms with Crippen LogP contribution in [-0.2, 0) is 9.63 Å². The van der Waals surface area contributed by atoms with E-state index in [0.29, 0.717) is 6.42 Å². The van der Waals surface area contributed by atoms with Crippen molar-refractivity contribution in [1.29, 1.82) is 0 Å². The van der Waals surface area contributed by atoms with Gasteiger partial charge in [0.05, 0.1) is 26.3 Å². The Morgan fingerprint density at radius 2 is 1.04 bits per heavy atom. The molecule has 0 aliphatic heterocycles. The zero-order valence-corrected chi connectivity index (χ0v) is 17.8. The van der Waals surface area contributed by atoms with Gasteiger partial charge in [-0.1, -0.05) is 96.8 Å². The Balaban J connectivity index is 3.29. The Bertz CT molecular complexity index is 307. The van der Waals surface area contributed by atoms with Crippen LogP contribution in [0.5, 0.6) is 0 Å². The Morgan fingerprint density at radius 1 is 0.667 bits per heavy atom. The number of hydrogen-bond acceptors (Lipinski definition) is 5.